The number of amides is 1. The first-order valence-corrected chi connectivity index (χ1v) is 7.04. The molecule has 1 fully saturated rings. The fourth-order valence-corrected chi connectivity index (χ4v) is 2.38. The third kappa shape index (κ3) is 4.31. The molecule has 0 bridgehead atoms. The van der Waals surface area contributed by atoms with Gasteiger partial charge in [-0.25, -0.2) is 0 Å². The van der Waals surface area contributed by atoms with Gasteiger partial charge in [-0.05, 0) is 17.5 Å². The molecule has 1 aromatic rings. The van der Waals surface area contributed by atoms with Crippen LogP contribution in [0.4, 0.5) is 0 Å². The summed E-state index contributed by atoms with van der Waals surface area (Å²) in [7, 11) is 0. The van der Waals surface area contributed by atoms with Crippen LogP contribution in [0.5, 0.6) is 0 Å². The zero-order chi connectivity index (χ0) is 13.7. The monoisotopic (exact) mass is 261 g/mol. The summed E-state index contributed by atoms with van der Waals surface area (Å²) in [6.45, 7) is 8.74. The summed E-state index contributed by atoms with van der Waals surface area (Å²) in [5.41, 5.74) is 1.24. The summed E-state index contributed by atoms with van der Waals surface area (Å²) in [6, 6.07) is 4.07. The van der Waals surface area contributed by atoms with E-state index < -0.39 is 0 Å². The fourth-order valence-electron chi connectivity index (χ4n) is 2.38. The molecule has 1 aliphatic rings. The van der Waals surface area contributed by atoms with Crippen LogP contribution in [0.3, 0.4) is 0 Å². The molecule has 1 aliphatic heterocycles. The van der Waals surface area contributed by atoms with E-state index in [2.05, 4.69) is 29.8 Å². The smallest absolute Gasteiger partial charge is 0.222 e. The van der Waals surface area contributed by atoms with E-state index in [1.807, 2.05) is 17.2 Å². The third-order valence-electron chi connectivity index (χ3n) is 3.44. The van der Waals surface area contributed by atoms with E-state index in [-0.39, 0.29) is 0 Å². The molecule has 1 saturated heterocycles. The molecule has 1 aromatic heterocycles. The standard InChI is InChI=1S/C15H23N3O/c1-13(2)10-15(19)18-8-6-17(7-9-18)12-14-4-3-5-16-11-14/h3-5,11,13H,6-10,12H2,1-2H3. The van der Waals surface area contributed by atoms with Gasteiger partial charge in [-0.1, -0.05) is 19.9 Å². The quantitative estimate of drug-likeness (QED) is 0.829. The number of hydrogen-bond donors (Lipinski definition) is 0. The summed E-state index contributed by atoms with van der Waals surface area (Å²) in [6.07, 6.45) is 4.38. The van der Waals surface area contributed by atoms with E-state index in [0.717, 1.165) is 32.7 Å². The number of piperazine rings is 1. The SMILES string of the molecule is CC(C)CC(=O)N1CCN(Cc2cccnc2)CC1. The number of pyridine rings is 1. The van der Waals surface area contributed by atoms with Gasteiger partial charge >= 0.3 is 0 Å². The first-order valence-electron chi connectivity index (χ1n) is 7.04. The van der Waals surface area contributed by atoms with Crippen molar-refractivity contribution in [3.8, 4) is 0 Å². The highest BCUT2D eigenvalue weighted by molar-refractivity contribution is 5.76. The van der Waals surface area contributed by atoms with Crippen LogP contribution in [-0.4, -0.2) is 46.9 Å². The van der Waals surface area contributed by atoms with E-state index >= 15 is 0 Å². The molecule has 1 amide bonds. The molecule has 0 spiro atoms. The van der Waals surface area contributed by atoms with Crippen molar-refractivity contribution in [1.29, 1.82) is 0 Å². The van der Waals surface area contributed by atoms with Crippen molar-refractivity contribution in [2.75, 3.05) is 26.2 Å². The predicted molar refractivity (Wildman–Crippen MR) is 75.5 cm³/mol. The maximum atomic E-state index is 12.0. The van der Waals surface area contributed by atoms with Crippen LogP contribution in [0.15, 0.2) is 24.5 Å². The number of hydrogen-bond acceptors (Lipinski definition) is 3. The molecule has 4 heteroatoms. The van der Waals surface area contributed by atoms with Gasteiger partial charge in [-0.3, -0.25) is 14.7 Å². The van der Waals surface area contributed by atoms with Gasteiger partial charge in [0.25, 0.3) is 0 Å². The van der Waals surface area contributed by atoms with Gasteiger partial charge < -0.3 is 4.90 Å². The molecule has 0 aromatic carbocycles. The number of rotatable bonds is 4. The molecule has 19 heavy (non-hydrogen) atoms. The molecule has 104 valence electrons. The lowest BCUT2D eigenvalue weighted by Crippen LogP contribution is -2.48. The molecule has 0 saturated carbocycles. The first kappa shape index (κ1) is 14.0. The van der Waals surface area contributed by atoms with Crippen LogP contribution in [0.1, 0.15) is 25.8 Å². The van der Waals surface area contributed by atoms with Gasteiger partial charge in [-0.2, -0.15) is 0 Å². The minimum Gasteiger partial charge on any atom is -0.340 e. The molecule has 2 rings (SSSR count). The maximum absolute atomic E-state index is 12.0. The molecule has 0 unspecified atom stereocenters. The summed E-state index contributed by atoms with van der Waals surface area (Å²) in [5.74, 6) is 0.747. The van der Waals surface area contributed by atoms with Gasteiger partial charge in [-0.15, -0.1) is 0 Å². The molecule has 0 N–H and O–H groups in total. The molecular weight excluding hydrogens is 238 g/mol. The fraction of sp³-hybridized carbons (Fsp3) is 0.600. The Kier molecular flexibility index (Phi) is 4.91. The Morgan fingerprint density at radius 1 is 1.32 bits per heavy atom. The molecule has 0 atom stereocenters. The Bertz CT molecular complexity index is 397. The topological polar surface area (TPSA) is 36.4 Å². The lowest BCUT2D eigenvalue weighted by atomic mass is 10.1. The van der Waals surface area contributed by atoms with E-state index in [9.17, 15) is 4.79 Å². The van der Waals surface area contributed by atoms with Gasteiger partial charge in [0.2, 0.25) is 5.91 Å². The summed E-state index contributed by atoms with van der Waals surface area (Å²) < 4.78 is 0. The van der Waals surface area contributed by atoms with Crippen molar-refractivity contribution in [2.45, 2.75) is 26.8 Å². The predicted octanol–water partition coefficient (Wildman–Crippen LogP) is 1.77. The molecule has 2 heterocycles. The van der Waals surface area contributed by atoms with E-state index in [4.69, 9.17) is 0 Å². The number of carbonyl (C=O) groups excluding carboxylic acids is 1. The summed E-state index contributed by atoms with van der Waals surface area (Å²) in [4.78, 5) is 20.5. The van der Waals surface area contributed by atoms with Crippen molar-refractivity contribution in [1.82, 2.24) is 14.8 Å². The second-order valence-electron chi connectivity index (χ2n) is 5.62. The lowest BCUT2D eigenvalue weighted by molar-refractivity contribution is -0.133. The molecule has 0 aliphatic carbocycles. The van der Waals surface area contributed by atoms with Gasteiger partial charge in [0.05, 0.1) is 0 Å². The highest BCUT2D eigenvalue weighted by atomic mass is 16.2. The van der Waals surface area contributed by atoms with Crippen LogP contribution in [0.25, 0.3) is 0 Å². The normalized spacial score (nSPS) is 16.9. The Labute approximate surface area is 115 Å². The largest absolute Gasteiger partial charge is 0.340 e. The third-order valence-corrected chi connectivity index (χ3v) is 3.44. The molecule has 4 nitrogen and oxygen atoms in total. The maximum Gasteiger partial charge on any atom is 0.222 e. The van der Waals surface area contributed by atoms with E-state index in [1.165, 1.54) is 5.56 Å². The lowest BCUT2D eigenvalue weighted by Gasteiger charge is -2.35. The van der Waals surface area contributed by atoms with Crippen LogP contribution < -0.4 is 0 Å². The first-order chi connectivity index (χ1) is 9.15. The summed E-state index contributed by atoms with van der Waals surface area (Å²) in [5, 5.41) is 0. The van der Waals surface area contributed by atoms with Crippen LogP contribution >= 0.6 is 0 Å². The van der Waals surface area contributed by atoms with Crippen LogP contribution in [0.2, 0.25) is 0 Å². The van der Waals surface area contributed by atoms with Gasteiger partial charge in [0.15, 0.2) is 0 Å². The average Bonchev–Trinajstić information content (AvgIpc) is 2.40. The Balaban J connectivity index is 1.78. The van der Waals surface area contributed by atoms with Crippen molar-refractivity contribution in [3.63, 3.8) is 0 Å². The Morgan fingerprint density at radius 3 is 2.63 bits per heavy atom. The van der Waals surface area contributed by atoms with Gasteiger partial charge in [0.1, 0.15) is 0 Å². The minimum absolute atomic E-state index is 0.302. The summed E-state index contributed by atoms with van der Waals surface area (Å²) >= 11 is 0. The van der Waals surface area contributed by atoms with E-state index in [1.54, 1.807) is 6.20 Å². The molecule has 0 radical (unpaired) electrons. The van der Waals surface area contributed by atoms with Crippen molar-refractivity contribution in [2.24, 2.45) is 5.92 Å². The second-order valence-corrected chi connectivity index (χ2v) is 5.62. The number of carbonyl (C=O) groups is 1. The van der Waals surface area contributed by atoms with Crippen molar-refractivity contribution >= 4 is 5.91 Å². The molecular formula is C15H23N3O. The average molecular weight is 261 g/mol. The van der Waals surface area contributed by atoms with E-state index in [0.29, 0.717) is 18.2 Å². The van der Waals surface area contributed by atoms with Crippen molar-refractivity contribution < 1.29 is 4.79 Å². The van der Waals surface area contributed by atoms with Gasteiger partial charge in [0, 0.05) is 51.5 Å². The minimum atomic E-state index is 0.302. The number of aromatic nitrogens is 1. The Hall–Kier alpha value is -1.42. The van der Waals surface area contributed by atoms with Crippen molar-refractivity contribution in [3.05, 3.63) is 30.1 Å². The van der Waals surface area contributed by atoms with Crippen LogP contribution in [-0.2, 0) is 11.3 Å². The van der Waals surface area contributed by atoms with Crippen LogP contribution in [0, 0.1) is 5.92 Å². The zero-order valence-electron chi connectivity index (χ0n) is 11.9. The zero-order valence-corrected chi connectivity index (χ0v) is 11.9. The Morgan fingerprint density at radius 2 is 2.05 bits per heavy atom. The number of nitrogens with zero attached hydrogens (tertiary/aromatic N) is 3. The highest BCUT2D eigenvalue weighted by Crippen LogP contribution is 2.10. The highest BCUT2D eigenvalue weighted by Gasteiger charge is 2.21. The second kappa shape index (κ2) is 6.66.